The molecule has 5 heterocycles. The first-order valence-corrected chi connectivity index (χ1v) is 21.2. The molecule has 0 aliphatic carbocycles. The highest BCUT2D eigenvalue weighted by Crippen LogP contribution is 2.37. The standard InChI is InChI=1S/C25H29BN4O2.C19H17BrN4.FI/c1-24(2)25(3,4)32-26(31-24)20-6-8-21(9-7-20)29-11-13-30(14-12-29)23-16-19-15-18(17-27)5-10-22(19)28-23;20-16-2-4-17(5-3-16)23-7-9-24(10-8-23)19-12-15-11-14(13-21)1-6-18(15)22-19;1-2/h5-10,15H,11-14,16H2,1-4H3;1-6,11H,7-10,12H2;. The summed E-state index contributed by atoms with van der Waals surface area (Å²) in [5.41, 5.74) is 8.64. The number of nitriles is 2. The second-order valence-corrected chi connectivity index (χ2v) is 16.8. The Kier molecular flexibility index (Phi) is 12.8. The zero-order valence-electron chi connectivity index (χ0n) is 33.3. The molecule has 5 aliphatic heterocycles. The number of benzene rings is 4. The summed E-state index contributed by atoms with van der Waals surface area (Å²) in [4.78, 5) is 19.2. The van der Waals surface area contributed by atoms with E-state index in [4.69, 9.17) is 29.8 Å². The van der Waals surface area contributed by atoms with E-state index in [0.717, 1.165) is 104 Å². The van der Waals surface area contributed by atoms with Crippen LogP contribution in [0.4, 0.5) is 25.6 Å². The second-order valence-electron chi connectivity index (χ2n) is 15.9. The predicted octanol–water partition coefficient (Wildman–Crippen LogP) is 8.30. The molecular weight excluding hydrogens is 909 g/mol. The predicted molar refractivity (Wildman–Crippen MR) is 243 cm³/mol. The van der Waals surface area contributed by atoms with Gasteiger partial charge in [0.1, 0.15) is 11.7 Å². The molecule has 10 nitrogen and oxygen atoms in total. The Morgan fingerprint density at radius 1 is 0.603 bits per heavy atom. The summed E-state index contributed by atoms with van der Waals surface area (Å²) in [5.74, 6) is 2.25. The van der Waals surface area contributed by atoms with Gasteiger partial charge in [-0.25, -0.2) is 9.98 Å². The Morgan fingerprint density at radius 3 is 1.38 bits per heavy atom. The zero-order valence-corrected chi connectivity index (χ0v) is 37.0. The fourth-order valence-corrected chi connectivity index (χ4v) is 8.06. The summed E-state index contributed by atoms with van der Waals surface area (Å²) in [6.07, 6.45) is 1.65. The Morgan fingerprint density at radius 2 is 0.983 bits per heavy atom. The van der Waals surface area contributed by atoms with Crippen molar-refractivity contribution in [3.05, 3.63) is 112 Å². The van der Waals surface area contributed by atoms with Crippen LogP contribution in [0.15, 0.2) is 99.4 Å². The molecule has 0 N–H and O–H groups in total. The number of aliphatic imine (C=N–C) groups is 2. The molecule has 0 amide bonds. The number of anilines is 2. The van der Waals surface area contributed by atoms with Gasteiger partial charge in [0.15, 0.2) is 23.2 Å². The van der Waals surface area contributed by atoms with Crippen LogP contribution in [0.2, 0.25) is 0 Å². The van der Waals surface area contributed by atoms with Crippen LogP contribution in [0.5, 0.6) is 0 Å². The van der Waals surface area contributed by atoms with E-state index < -0.39 is 0 Å². The van der Waals surface area contributed by atoms with Gasteiger partial charge in [0.2, 0.25) is 0 Å². The maximum absolute atomic E-state index is 9.47. The Labute approximate surface area is 364 Å². The fraction of sp³-hybridized carbons (Fsp3) is 0.364. The second kappa shape index (κ2) is 17.8. The van der Waals surface area contributed by atoms with Gasteiger partial charge in [-0.05, 0) is 117 Å². The molecule has 58 heavy (non-hydrogen) atoms. The Hall–Kier alpha value is -4.48. The minimum atomic E-state index is -0.328. The van der Waals surface area contributed by atoms with Gasteiger partial charge in [0.25, 0.3) is 0 Å². The molecule has 0 saturated carbocycles. The van der Waals surface area contributed by atoms with Gasteiger partial charge < -0.3 is 28.9 Å². The number of hydrogen-bond donors (Lipinski definition) is 0. The number of nitrogens with zero attached hydrogens (tertiary/aromatic N) is 8. The lowest BCUT2D eigenvalue weighted by molar-refractivity contribution is 0.00578. The van der Waals surface area contributed by atoms with Gasteiger partial charge in [-0.15, -0.1) is 0 Å². The highest BCUT2D eigenvalue weighted by atomic mass is 127. The molecule has 0 bridgehead atoms. The maximum atomic E-state index is 9.47. The van der Waals surface area contributed by atoms with E-state index in [1.54, 1.807) is 0 Å². The average Bonchev–Trinajstić information content (AvgIpc) is 3.94. The smallest absolute Gasteiger partial charge is 0.399 e. The molecule has 298 valence electrons. The van der Waals surface area contributed by atoms with Crippen molar-refractivity contribution in [2.24, 2.45) is 9.98 Å². The number of rotatable bonds is 3. The lowest BCUT2D eigenvalue weighted by atomic mass is 9.79. The molecule has 3 fully saturated rings. The van der Waals surface area contributed by atoms with Crippen LogP contribution in [0.25, 0.3) is 0 Å². The molecule has 14 heteroatoms. The van der Waals surface area contributed by atoms with Crippen molar-refractivity contribution in [3.8, 4) is 12.1 Å². The van der Waals surface area contributed by atoms with Crippen molar-refractivity contribution in [3.63, 3.8) is 0 Å². The first-order chi connectivity index (χ1) is 28.0. The first-order valence-electron chi connectivity index (χ1n) is 19.5. The molecule has 3 saturated heterocycles. The van der Waals surface area contributed by atoms with E-state index in [2.05, 4.69) is 124 Å². The minimum absolute atomic E-state index is 0.325. The van der Waals surface area contributed by atoms with Crippen LogP contribution in [0.3, 0.4) is 0 Å². The van der Waals surface area contributed by atoms with E-state index in [9.17, 15) is 2.86 Å². The molecular formula is C44H46BBrFIN8O2. The fourth-order valence-electron chi connectivity index (χ4n) is 7.79. The lowest BCUT2D eigenvalue weighted by Gasteiger charge is -2.37. The number of piperazine rings is 2. The van der Waals surface area contributed by atoms with Gasteiger partial charge >= 0.3 is 7.12 Å². The summed E-state index contributed by atoms with van der Waals surface area (Å²) in [5, 5.41) is 18.2. The summed E-state index contributed by atoms with van der Waals surface area (Å²) in [6.45, 7) is 16.1. The number of amidine groups is 2. The van der Waals surface area contributed by atoms with Gasteiger partial charge in [0.05, 0.1) is 45.8 Å². The third-order valence-corrected chi connectivity index (χ3v) is 12.4. The maximum Gasteiger partial charge on any atom is 0.494 e. The van der Waals surface area contributed by atoms with Crippen molar-refractivity contribution in [1.82, 2.24) is 9.80 Å². The quantitative estimate of drug-likeness (QED) is 0.149. The lowest BCUT2D eigenvalue weighted by Crippen LogP contribution is -2.49. The van der Waals surface area contributed by atoms with E-state index in [1.165, 1.54) is 16.9 Å². The minimum Gasteiger partial charge on any atom is -0.399 e. The summed E-state index contributed by atoms with van der Waals surface area (Å²) < 4.78 is 22.9. The number of fused-ring (bicyclic) bond motifs is 2. The molecule has 4 aromatic rings. The van der Waals surface area contributed by atoms with Crippen LogP contribution in [-0.2, 0) is 22.2 Å². The summed E-state index contributed by atoms with van der Waals surface area (Å²) in [7, 11) is -0.325. The largest absolute Gasteiger partial charge is 0.494 e. The number of halogens is 3. The van der Waals surface area contributed by atoms with Crippen molar-refractivity contribution < 1.29 is 12.2 Å². The van der Waals surface area contributed by atoms with E-state index in [1.807, 2.05) is 36.4 Å². The summed E-state index contributed by atoms with van der Waals surface area (Å²) >= 11 is 4.14. The van der Waals surface area contributed by atoms with E-state index >= 15 is 0 Å². The third kappa shape index (κ3) is 9.05. The third-order valence-electron chi connectivity index (χ3n) is 11.9. The van der Waals surface area contributed by atoms with Crippen LogP contribution >= 0.6 is 39.1 Å². The van der Waals surface area contributed by atoms with Crippen LogP contribution < -0.4 is 15.3 Å². The van der Waals surface area contributed by atoms with Gasteiger partial charge in [-0.3, -0.25) is 0 Å². The highest BCUT2D eigenvalue weighted by Gasteiger charge is 2.51. The number of hydrogen-bond acceptors (Lipinski definition) is 10. The summed E-state index contributed by atoms with van der Waals surface area (Å²) in [6, 6.07) is 33.0. The zero-order chi connectivity index (χ0) is 41.0. The highest BCUT2D eigenvalue weighted by molar-refractivity contribution is 14.1. The molecule has 0 aromatic heterocycles. The van der Waals surface area contributed by atoms with Crippen molar-refractivity contribution >= 4 is 86.1 Å². The van der Waals surface area contributed by atoms with Gasteiger partial charge in [0, 0.05) is 81.0 Å². The molecule has 5 aliphatic rings. The average molecular weight is 956 g/mol. The van der Waals surface area contributed by atoms with Crippen molar-refractivity contribution in [1.29, 1.82) is 10.5 Å². The first kappa shape index (κ1) is 41.7. The normalized spacial score (nSPS) is 18.7. The molecule has 0 spiro atoms. The van der Waals surface area contributed by atoms with Gasteiger partial charge in [-0.1, -0.05) is 28.1 Å². The van der Waals surface area contributed by atoms with Crippen molar-refractivity contribution in [2.75, 3.05) is 62.2 Å². The van der Waals surface area contributed by atoms with Crippen molar-refractivity contribution in [2.45, 2.75) is 51.7 Å². The molecule has 0 atom stereocenters. The molecule has 4 aromatic carbocycles. The SMILES string of the molecule is CC1(C)OB(c2ccc(N3CCN(C4=Nc5ccc(C#N)cc5C4)CC3)cc2)OC1(C)C.FI.N#Cc1ccc2c(c1)CC(N1CCN(c3ccc(Br)cc3)CC1)=N2. The van der Waals surface area contributed by atoms with Crippen LogP contribution in [0.1, 0.15) is 49.9 Å². The van der Waals surface area contributed by atoms with E-state index in [-0.39, 0.29) is 18.3 Å². The molecule has 0 radical (unpaired) electrons. The van der Waals surface area contributed by atoms with Gasteiger partial charge in [-0.2, -0.15) is 13.4 Å². The van der Waals surface area contributed by atoms with Crippen LogP contribution in [0, 0.1) is 22.7 Å². The Balaban J connectivity index is 0.000000176. The topological polar surface area (TPSA) is 104 Å². The molecule has 0 unspecified atom stereocenters. The van der Waals surface area contributed by atoms with E-state index in [0.29, 0.717) is 34.3 Å². The molecule has 9 rings (SSSR count). The Bertz CT molecular complexity index is 2240. The van der Waals surface area contributed by atoms with Crippen LogP contribution in [-0.4, -0.2) is 92.1 Å². The monoisotopic (exact) mass is 954 g/mol.